The summed E-state index contributed by atoms with van der Waals surface area (Å²) in [6.45, 7) is 9.05. The quantitative estimate of drug-likeness (QED) is 0.0561. The van der Waals surface area contributed by atoms with Crippen molar-refractivity contribution < 1.29 is 58.1 Å². The molecular formula is C108H89F10N23O8. The van der Waals surface area contributed by atoms with Crippen molar-refractivity contribution in [1.82, 2.24) is 111 Å². The number of nitrogens with zero attached hydrogens (tertiary/aromatic N) is 18. The Balaban J connectivity index is 0.000000109. The summed E-state index contributed by atoms with van der Waals surface area (Å²) < 4.78 is 162. The molecule has 41 heteroatoms. The first kappa shape index (κ1) is 97.7. The van der Waals surface area contributed by atoms with Crippen LogP contribution in [0.3, 0.4) is 0 Å². The smallest absolute Gasteiger partial charge is 0.433 e. The van der Waals surface area contributed by atoms with Gasteiger partial charge in [0.05, 0.1) is 103 Å². The van der Waals surface area contributed by atoms with E-state index in [9.17, 15) is 67.9 Å². The molecule has 0 unspecified atom stereocenters. The van der Waals surface area contributed by atoms with E-state index in [0.717, 1.165) is 231 Å². The van der Waals surface area contributed by atoms with Crippen molar-refractivity contribution in [3.8, 4) is 67.9 Å². The van der Waals surface area contributed by atoms with Gasteiger partial charge >= 0.3 is 18.5 Å². The van der Waals surface area contributed by atoms with Crippen molar-refractivity contribution in [2.75, 3.05) is 32.7 Å². The lowest BCUT2D eigenvalue weighted by Crippen LogP contribution is -2.24. The van der Waals surface area contributed by atoms with Gasteiger partial charge in [0, 0.05) is 244 Å². The van der Waals surface area contributed by atoms with E-state index in [0.29, 0.717) is 74.4 Å². The molecular weight excluding hydrogens is 1940 g/mol. The van der Waals surface area contributed by atoms with E-state index in [4.69, 9.17) is 24.2 Å². The number of nitrogens with one attached hydrogen (secondary N) is 5. The zero-order valence-electron chi connectivity index (χ0n) is 79.0. The van der Waals surface area contributed by atoms with Gasteiger partial charge in [-0.25, -0.2) is 29.3 Å². The molecule has 0 aliphatic carbocycles. The molecule has 0 saturated carbocycles. The molecule has 18 aromatic heterocycles. The second-order valence-corrected chi connectivity index (χ2v) is 35.6. The lowest BCUT2D eigenvalue weighted by molar-refractivity contribution is -0.142. The van der Waals surface area contributed by atoms with Crippen LogP contribution in [-0.4, -0.2) is 117 Å². The minimum Gasteiger partial charge on any atom is -0.489 e. The molecule has 31 nitrogen and oxygen atoms in total. The Morgan fingerprint density at radius 3 is 0.926 bits per heavy atom. The summed E-state index contributed by atoms with van der Waals surface area (Å²) in [6.07, 6.45) is 12.3. The SMILES string of the molecule is O=c1cc(-c2ccc(C(F)(F)F)cc2)ccn1-c1ccn2c3c(nc2c1)CCNC3.O=c1cc(-c2ccc(C(F)(F)F)nc2)ccn1-c1ccn2c3c(nc2c1)CCNC3.O=c1cc(OCc2ccc(C(F)(F)F)nc2)ccn1-c1ccn2c3c(nc2c1)CCNC3.O=c1cc(OCc2ccc(F)cn2)ccn1-c1ccn2c3c(nc2c1)CCNC3.O=c1cc(OCc2ccccc2)ccn1-c1ccn2c3c(nc2c1)CCNC3. The number of fused-ring (bicyclic) bond motifs is 15. The Labute approximate surface area is 838 Å². The zero-order chi connectivity index (χ0) is 103. The minimum absolute atomic E-state index is 0.00574. The fraction of sp³-hybridized carbons (Fsp3) is 0.194. The normalized spacial score (nSPS) is 13.8. The molecule has 0 spiro atoms. The second-order valence-electron chi connectivity index (χ2n) is 35.6. The molecule has 2 aromatic carbocycles. The molecule has 149 heavy (non-hydrogen) atoms. The molecule has 0 radical (unpaired) electrons. The van der Waals surface area contributed by atoms with Gasteiger partial charge < -0.3 is 62.8 Å². The largest absolute Gasteiger partial charge is 0.489 e. The Kier molecular flexibility index (Phi) is 27.3. The van der Waals surface area contributed by atoms with E-state index in [-0.39, 0.29) is 41.0 Å². The zero-order valence-corrected chi connectivity index (χ0v) is 79.0. The van der Waals surface area contributed by atoms with Gasteiger partial charge in [0.2, 0.25) is 0 Å². The fourth-order valence-corrected chi connectivity index (χ4v) is 18.3. The van der Waals surface area contributed by atoms with Crippen LogP contribution in [0.5, 0.6) is 17.2 Å². The average molecular weight is 2030 g/mol. The number of imidazole rings is 5. The molecule has 5 aliphatic heterocycles. The Morgan fingerprint density at radius 1 is 0.282 bits per heavy atom. The molecule has 25 rings (SSSR count). The Morgan fingerprint density at radius 2 is 0.611 bits per heavy atom. The number of pyridine rings is 13. The number of aromatic nitrogens is 18. The fourth-order valence-electron chi connectivity index (χ4n) is 18.3. The first-order chi connectivity index (χ1) is 72.1. The highest BCUT2D eigenvalue weighted by Crippen LogP contribution is 2.35. The molecule has 23 heterocycles. The van der Waals surface area contributed by atoms with Crippen LogP contribution in [-0.2, 0) is 103 Å². The summed E-state index contributed by atoms with van der Waals surface area (Å²) >= 11 is 0. The van der Waals surface area contributed by atoms with Gasteiger partial charge in [-0.05, 0) is 119 Å². The highest BCUT2D eigenvalue weighted by Gasteiger charge is 2.35. The number of hydrogen-bond donors (Lipinski definition) is 5. The lowest BCUT2D eigenvalue weighted by atomic mass is 10.0. The standard InChI is InChI=1S/C22H18F3N5O2.C22H17F3N4O.C22H20N4O2.C21H16F3N5O.C21H18FN5O2/c23-22(24,25)19-2-1-14(11-27-19)13-32-16-5-8-29(21(31)10-16)15-4-7-30-18-12-26-6-3-17(18)28-20(30)9-15;23-22(24,25)16-3-1-14(2-4-16)15-6-9-28(21(30)11-15)17-7-10-29-19-13-26-8-5-18(19)27-20(29)12-17;27-22-13-18(28-15-16-4-2-1-3-5-16)8-11-25(22)17-7-10-26-20-14-23-9-6-19(20)24-21(26)12-17;22-21(23,24)18-2-1-14(11-26-18)13-4-7-28(20(30)9-13)15-5-8-29-17-12-25-6-3-16(17)27-19(29)10-15;22-14-1-2-15(24-11-14)13-29-17-5-8-26(21(28)10-17)16-4-7-27-19-12-23-6-3-18(19)25-20(27)9-16/h1-2,4-5,7-11,26H,3,6,12-13H2;1-4,6-7,9-12,26H,5,8,13H2;1-5,7-8,10-13,23H,6,9,14-15H2;1-2,4-5,7-11,25H,3,6,12H2;1-2,4-5,7-11,23H,3,6,12-13H2. The predicted octanol–water partition coefficient (Wildman–Crippen LogP) is 15.1. The monoisotopic (exact) mass is 2030 g/mol. The van der Waals surface area contributed by atoms with Crippen LogP contribution in [0.15, 0.2) is 317 Å². The number of halogens is 10. The van der Waals surface area contributed by atoms with Gasteiger partial charge in [0.25, 0.3) is 27.8 Å². The number of ether oxygens (including phenoxy) is 3. The van der Waals surface area contributed by atoms with Gasteiger partial charge in [-0.1, -0.05) is 54.6 Å². The van der Waals surface area contributed by atoms with Crippen LogP contribution < -0.4 is 68.6 Å². The highest BCUT2D eigenvalue weighted by atomic mass is 19.4. The maximum atomic E-state index is 12.9. The first-order valence-electron chi connectivity index (χ1n) is 47.6. The van der Waals surface area contributed by atoms with Crippen molar-refractivity contribution >= 4 is 28.2 Å². The summed E-state index contributed by atoms with van der Waals surface area (Å²) in [5.41, 5.74) is 19.1. The molecule has 0 fully saturated rings. The van der Waals surface area contributed by atoms with Gasteiger partial charge in [0.15, 0.2) is 0 Å². The van der Waals surface area contributed by atoms with Crippen molar-refractivity contribution in [2.24, 2.45) is 0 Å². The van der Waals surface area contributed by atoms with E-state index in [1.807, 2.05) is 141 Å². The molecule has 0 atom stereocenters. The minimum atomic E-state index is -4.50. The number of rotatable bonds is 16. The van der Waals surface area contributed by atoms with E-state index in [1.54, 1.807) is 70.5 Å². The molecule has 5 aliphatic rings. The maximum absolute atomic E-state index is 12.9. The van der Waals surface area contributed by atoms with Crippen molar-refractivity contribution in [3.63, 3.8) is 0 Å². The maximum Gasteiger partial charge on any atom is 0.433 e. The second kappa shape index (κ2) is 41.6. The van der Waals surface area contributed by atoms with Gasteiger partial charge in [0.1, 0.15) is 82.5 Å². The molecule has 754 valence electrons. The topological polar surface area (TPSA) is 323 Å². The number of benzene rings is 2. The molecule has 20 aromatic rings. The Hall–Kier alpha value is -17.4. The lowest BCUT2D eigenvalue weighted by Gasteiger charge is -2.12. The van der Waals surface area contributed by atoms with Crippen LogP contribution in [0.1, 0.15) is 90.7 Å². The highest BCUT2D eigenvalue weighted by molar-refractivity contribution is 5.66. The van der Waals surface area contributed by atoms with E-state index in [1.165, 1.54) is 85.8 Å². The number of hydrogen-bond acceptors (Lipinski definition) is 21. The van der Waals surface area contributed by atoms with Gasteiger partial charge in [-0.2, -0.15) is 39.5 Å². The Bertz CT molecular complexity index is 8530. The summed E-state index contributed by atoms with van der Waals surface area (Å²) in [4.78, 5) is 97.5. The summed E-state index contributed by atoms with van der Waals surface area (Å²) in [5.74, 6) is 0.909. The first-order valence-corrected chi connectivity index (χ1v) is 47.6. The summed E-state index contributed by atoms with van der Waals surface area (Å²) in [7, 11) is 0. The van der Waals surface area contributed by atoms with Crippen molar-refractivity contribution in [1.29, 1.82) is 0 Å². The summed E-state index contributed by atoms with van der Waals surface area (Å²) in [6, 6.07) is 56.4. The van der Waals surface area contributed by atoms with Crippen LogP contribution in [0.25, 0.3) is 78.9 Å². The van der Waals surface area contributed by atoms with Crippen LogP contribution in [0.2, 0.25) is 0 Å². The molecule has 0 bridgehead atoms. The van der Waals surface area contributed by atoms with E-state index >= 15 is 0 Å². The predicted molar refractivity (Wildman–Crippen MR) is 533 cm³/mol. The molecule has 0 amide bonds. The summed E-state index contributed by atoms with van der Waals surface area (Å²) in [5, 5.41) is 16.7. The average Bonchev–Trinajstić information content (AvgIpc) is 1.67. The third-order valence-electron chi connectivity index (χ3n) is 25.9. The van der Waals surface area contributed by atoms with E-state index < -0.39 is 41.3 Å². The van der Waals surface area contributed by atoms with E-state index in [2.05, 4.69) is 65.3 Å². The van der Waals surface area contributed by atoms with Crippen LogP contribution in [0, 0.1) is 5.82 Å². The number of alkyl halides is 9. The van der Waals surface area contributed by atoms with Crippen LogP contribution >= 0.6 is 0 Å². The van der Waals surface area contributed by atoms with Crippen molar-refractivity contribution in [3.05, 3.63) is 441 Å². The third-order valence-corrected chi connectivity index (χ3v) is 25.9. The molecule has 5 N–H and O–H groups in total. The van der Waals surface area contributed by atoms with Crippen molar-refractivity contribution in [2.45, 2.75) is 103 Å². The molecule has 0 saturated heterocycles. The van der Waals surface area contributed by atoms with Gasteiger partial charge in [-0.15, -0.1) is 0 Å². The van der Waals surface area contributed by atoms with Crippen LogP contribution in [0.4, 0.5) is 43.9 Å². The van der Waals surface area contributed by atoms with Gasteiger partial charge in [-0.3, -0.25) is 61.8 Å². The third kappa shape index (κ3) is 21.5.